The highest BCUT2D eigenvalue weighted by Crippen LogP contribution is 2.14. The summed E-state index contributed by atoms with van der Waals surface area (Å²) in [5.41, 5.74) is -0.219. The van der Waals surface area contributed by atoms with E-state index >= 15 is 0 Å². The molecule has 0 unspecified atom stereocenters. The van der Waals surface area contributed by atoms with Crippen LogP contribution in [0.25, 0.3) is 0 Å². The van der Waals surface area contributed by atoms with Crippen molar-refractivity contribution >= 4 is 23.2 Å². The van der Waals surface area contributed by atoms with Gasteiger partial charge in [-0.2, -0.15) is 0 Å². The van der Waals surface area contributed by atoms with Gasteiger partial charge >= 0.3 is 0 Å². The lowest BCUT2D eigenvalue weighted by Gasteiger charge is -2.26. The van der Waals surface area contributed by atoms with Gasteiger partial charge in [0.15, 0.2) is 11.6 Å². The van der Waals surface area contributed by atoms with Gasteiger partial charge in [-0.15, -0.1) is 23.2 Å². The summed E-state index contributed by atoms with van der Waals surface area (Å²) in [4.78, 5) is 0. The maximum atomic E-state index is 13.3. The first-order valence-corrected chi connectivity index (χ1v) is 5.89. The van der Waals surface area contributed by atoms with E-state index in [1.807, 2.05) is 6.92 Å². The summed E-state index contributed by atoms with van der Waals surface area (Å²) in [6, 6.07) is 4.07. The Hall–Kier alpha value is -0.380. The van der Waals surface area contributed by atoms with E-state index in [2.05, 4.69) is 5.32 Å². The zero-order valence-corrected chi connectivity index (χ0v) is 10.4. The monoisotopic (exact) mass is 267 g/mol. The molecule has 0 aliphatic carbocycles. The van der Waals surface area contributed by atoms with Crippen molar-refractivity contribution in [2.75, 3.05) is 11.8 Å². The third kappa shape index (κ3) is 3.30. The predicted molar refractivity (Wildman–Crippen MR) is 63.0 cm³/mol. The van der Waals surface area contributed by atoms with Gasteiger partial charge in [-0.1, -0.05) is 12.1 Å². The lowest BCUT2D eigenvalue weighted by Crippen LogP contribution is -2.45. The molecule has 1 rings (SSSR count). The third-order valence-electron chi connectivity index (χ3n) is 2.33. The van der Waals surface area contributed by atoms with E-state index in [4.69, 9.17) is 23.2 Å². The Labute approximate surface area is 104 Å². The van der Waals surface area contributed by atoms with Gasteiger partial charge in [-0.05, 0) is 13.0 Å². The molecule has 0 heterocycles. The van der Waals surface area contributed by atoms with Crippen molar-refractivity contribution in [3.8, 4) is 0 Å². The molecule has 0 atom stereocenters. The quantitative estimate of drug-likeness (QED) is 0.808. The molecule has 0 saturated carbocycles. The normalized spacial score (nSPS) is 11.8. The fourth-order valence-electron chi connectivity index (χ4n) is 1.12. The molecular formula is C11H13Cl2F2N. The van der Waals surface area contributed by atoms with Crippen LogP contribution in [0.5, 0.6) is 0 Å². The predicted octanol–water partition coefficient (Wildman–Crippen LogP) is 3.29. The lowest BCUT2D eigenvalue weighted by molar-refractivity contribution is 0.422. The summed E-state index contributed by atoms with van der Waals surface area (Å²) in [5.74, 6) is -1.08. The Morgan fingerprint density at radius 2 is 1.88 bits per heavy atom. The molecule has 0 fully saturated rings. The molecular weight excluding hydrogens is 255 g/mol. The van der Waals surface area contributed by atoms with Crippen molar-refractivity contribution in [2.24, 2.45) is 0 Å². The van der Waals surface area contributed by atoms with E-state index < -0.39 is 17.2 Å². The molecule has 1 aromatic carbocycles. The van der Waals surface area contributed by atoms with Crippen LogP contribution in [0.3, 0.4) is 0 Å². The van der Waals surface area contributed by atoms with E-state index in [1.165, 1.54) is 12.1 Å². The van der Waals surface area contributed by atoms with Crippen LogP contribution in [0, 0.1) is 11.6 Å². The largest absolute Gasteiger partial charge is 0.305 e. The molecule has 90 valence electrons. The molecule has 1 N–H and O–H groups in total. The molecule has 0 aliphatic heterocycles. The molecule has 0 aromatic heterocycles. The van der Waals surface area contributed by atoms with Gasteiger partial charge in [0.25, 0.3) is 0 Å². The summed E-state index contributed by atoms with van der Waals surface area (Å²) in [7, 11) is 0. The number of alkyl halides is 2. The van der Waals surface area contributed by atoms with E-state index in [9.17, 15) is 8.78 Å². The first kappa shape index (κ1) is 13.7. The first-order chi connectivity index (χ1) is 7.52. The highest BCUT2D eigenvalue weighted by atomic mass is 35.5. The minimum absolute atomic E-state index is 0.194. The molecule has 0 aliphatic rings. The summed E-state index contributed by atoms with van der Waals surface area (Å²) < 4.78 is 26.2. The third-order valence-corrected chi connectivity index (χ3v) is 3.51. The molecule has 1 aromatic rings. The number of halogens is 4. The second-order valence-electron chi connectivity index (χ2n) is 3.89. The van der Waals surface area contributed by atoms with Gasteiger partial charge in [0.1, 0.15) is 0 Å². The van der Waals surface area contributed by atoms with Crippen molar-refractivity contribution < 1.29 is 8.78 Å². The molecule has 16 heavy (non-hydrogen) atoms. The Morgan fingerprint density at radius 1 is 1.25 bits per heavy atom. The van der Waals surface area contributed by atoms with Crippen LogP contribution in [0.15, 0.2) is 18.2 Å². The fourth-order valence-corrected chi connectivity index (χ4v) is 1.60. The van der Waals surface area contributed by atoms with E-state index in [-0.39, 0.29) is 12.1 Å². The van der Waals surface area contributed by atoms with Crippen LogP contribution < -0.4 is 5.32 Å². The zero-order chi connectivity index (χ0) is 12.2. The van der Waals surface area contributed by atoms with Crippen molar-refractivity contribution in [1.29, 1.82) is 0 Å². The van der Waals surface area contributed by atoms with Crippen LogP contribution >= 0.6 is 23.2 Å². The Morgan fingerprint density at radius 3 is 2.44 bits per heavy atom. The smallest absolute Gasteiger partial charge is 0.163 e. The standard InChI is InChI=1S/C11H13Cl2F2N/c1-11(6-12,7-13)16-5-8-3-2-4-9(14)10(8)15/h2-4,16H,5-7H2,1H3. The van der Waals surface area contributed by atoms with Gasteiger partial charge in [-0.25, -0.2) is 8.78 Å². The second-order valence-corrected chi connectivity index (χ2v) is 4.43. The average Bonchev–Trinajstić information content (AvgIpc) is 2.31. The Balaban J connectivity index is 2.71. The number of hydrogen-bond acceptors (Lipinski definition) is 1. The van der Waals surface area contributed by atoms with E-state index in [1.54, 1.807) is 0 Å². The fraction of sp³-hybridized carbons (Fsp3) is 0.455. The van der Waals surface area contributed by atoms with Gasteiger partial charge in [0, 0.05) is 29.4 Å². The van der Waals surface area contributed by atoms with Crippen LogP contribution in [0.4, 0.5) is 8.78 Å². The molecule has 5 heteroatoms. The topological polar surface area (TPSA) is 12.0 Å². The van der Waals surface area contributed by atoms with Crippen molar-refractivity contribution in [2.45, 2.75) is 19.0 Å². The van der Waals surface area contributed by atoms with Crippen molar-refractivity contribution in [3.63, 3.8) is 0 Å². The minimum atomic E-state index is -0.849. The zero-order valence-electron chi connectivity index (χ0n) is 8.87. The molecule has 1 nitrogen and oxygen atoms in total. The molecule has 0 spiro atoms. The maximum absolute atomic E-state index is 13.3. The molecule has 0 saturated heterocycles. The summed E-state index contributed by atoms with van der Waals surface area (Å²) in [6.07, 6.45) is 0. The van der Waals surface area contributed by atoms with Gasteiger partial charge in [-0.3, -0.25) is 0 Å². The highest BCUT2D eigenvalue weighted by molar-refractivity contribution is 6.22. The molecule has 0 amide bonds. The van der Waals surface area contributed by atoms with Crippen LogP contribution in [-0.4, -0.2) is 17.3 Å². The van der Waals surface area contributed by atoms with Crippen molar-refractivity contribution in [3.05, 3.63) is 35.4 Å². The van der Waals surface area contributed by atoms with E-state index in [0.717, 1.165) is 6.07 Å². The number of benzene rings is 1. The second kappa shape index (κ2) is 5.80. The van der Waals surface area contributed by atoms with Gasteiger partial charge in [0.05, 0.1) is 0 Å². The number of hydrogen-bond donors (Lipinski definition) is 1. The Kier molecular flexibility index (Phi) is 4.96. The lowest BCUT2D eigenvalue weighted by atomic mass is 10.1. The maximum Gasteiger partial charge on any atom is 0.163 e. The SMILES string of the molecule is CC(CCl)(CCl)NCc1cccc(F)c1F. The molecule has 0 radical (unpaired) electrons. The van der Waals surface area contributed by atoms with Gasteiger partial charge < -0.3 is 5.32 Å². The van der Waals surface area contributed by atoms with Crippen LogP contribution in [0.1, 0.15) is 12.5 Å². The average molecular weight is 268 g/mol. The van der Waals surface area contributed by atoms with E-state index in [0.29, 0.717) is 11.8 Å². The van der Waals surface area contributed by atoms with Crippen LogP contribution in [0.2, 0.25) is 0 Å². The highest BCUT2D eigenvalue weighted by Gasteiger charge is 2.21. The number of rotatable bonds is 5. The molecule has 0 bridgehead atoms. The Bertz CT molecular complexity index is 354. The first-order valence-electron chi connectivity index (χ1n) is 4.82. The summed E-state index contributed by atoms with van der Waals surface area (Å²) >= 11 is 11.5. The minimum Gasteiger partial charge on any atom is -0.305 e. The van der Waals surface area contributed by atoms with Crippen LogP contribution in [-0.2, 0) is 6.54 Å². The summed E-state index contributed by atoms with van der Waals surface area (Å²) in [5, 5.41) is 3.01. The van der Waals surface area contributed by atoms with Crippen molar-refractivity contribution in [1.82, 2.24) is 5.32 Å². The number of nitrogens with one attached hydrogen (secondary N) is 1. The summed E-state index contributed by atoms with van der Waals surface area (Å²) in [6.45, 7) is 2.02. The van der Waals surface area contributed by atoms with Gasteiger partial charge in [0.2, 0.25) is 0 Å².